The van der Waals surface area contributed by atoms with Crippen molar-refractivity contribution in [2.75, 3.05) is 0 Å². The Bertz CT molecular complexity index is 520. The maximum Gasteiger partial charge on any atom is 0.123 e. The summed E-state index contributed by atoms with van der Waals surface area (Å²) in [5.74, 6) is 1.26. The van der Waals surface area contributed by atoms with Gasteiger partial charge in [0.15, 0.2) is 0 Å². The van der Waals surface area contributed by atoms with E-state index >= 15 is 0 Å². The molecule has 17 heavy (non-hydrogen) atoms. The van der Waals surface area contributed by atoms with Crippen LogP contribution in [0.15, 0.2) is 30.6 Å². The summed E-state index contributed by atoms with van der Waals surface area (Å²) in [4.78, 5) is 4.32. The van der Waals surface area contributed by atoms with Crippen LogP contribution in [0.1, 0.15) is 31.2 Å². The molecule has 0 amide bonds. The molecule has 0 N–H and O–H groups in total. The molecule has 0 spiro atoms. The van der Waals surface area contributed by atoms with Gasteiger partial charge in [-0.25, -0.2) is 9.37 Å². The Morgan fingerprint density at radius 1 is 1.41 bits per heavy atom. The minimum absolute atomic E-state index is 0.268. The molecule has 0 aliphatic heterocycles. The molecule has 1 aromatic heterocycles. The second-order valence-electron chi connectivity index (χ2n) is 4.22. The van der Waals surface area contributed by atoms with Gasteiger partial charge >= 0.3 is 0 Å². The number of rotatable bonds is 3. The molecule has 0 radical (unpaired) electrons. The van der Waals surface area contributed by atoms with E-state index in [1.807, 2.05) is 10.8 Å². The van der Waals surface area contributed by atoms with E-state index in [-0.39, 0.29) is 11.7 Å². The van der Waals surface area contributed by atoms with Crippen molar-refractivity contribution >= 4 is 11.6 Å². The lowest BCUT2D eigenvalue weighted by atomic mass is 10.1. The van der Waals surface area contributed by atoms with Gasteiger partial charge in [-0.1, -0.05) is 13.8 Å². The van der Waals surface area contributed by atoms with Crippen LogP contribution < -0.4 is 0 Å². The standard InChI is InChI=1S/C13H14ClFN2/c1-9(2)13-16-5-6-17(13)12-4-3-11(15)7-10(12)8-14/h3-7,9H,8H2,1-2H3. The van der Waals surface area contributed by atoms with Gasteiger partial charge in [0, 0.05) is 24.2 Å². The minimum Gasteiger partial charge on any atom is -0.303 e. The highest BCUT2D eigenvalue weighted by molar-refractivity contribution is 6.17. The van der Waals surface area contributed by atoms with Gasteiger partial charge in [0.2, 0.25) is 0 Å². The summed E-state index contributed by atoms with van der Waals surface area (Å²) in [5, 5.41) is 0. The zero-order valence-corrected chi connectivity index (χ0v) is 10.6. The lowest BCUT2D eigenvalue weighted by Gasteiger charge is -2.13. The Hall–Kier alpha value is -1.35. The largest absolute Gasteiger partial charge is 0.303 e. The van der Waals surface area contributed by atoms with E-state index in [4.69, 9.17) is 11.6 Å². The highest BCUT2D eigenvalue weighted by atomic mass is 35.5. The van der Waals surface area contributed by atoms with E-state index in [1.54, 1.807) is 12.3 Å². The molecule has 2 rings (SSSR count). The van der Waals surface area contributed by atoms with E-state index in [0.29, 0.717) is 5.92 Å². The number of halogens is 2. The van der Waals surface area contributed by atoms with Gasteiger partial charge in [0.25, 0.3) is 0 Å². The molecule has 0 unspecified atom stereocenters. The predicted octanol–water partition coefficient (Wildman–Crippen LogP) is 3.87. The van der Waals surface area contributed by atoms with Crippen LogP contribution in [-0.4, -0.2) is 9.55 Å². The first kappa shape index (κ1) is 12.1. The summed E-state index contributed by atoms with van der Waals surface area (Å²) in [6, 6.07) is 4.64. The van der Waals surface area contributed by atoms with Crippen molar-refractivity contribution in [2.24, 2.45) is 0 Å². The summed E-state index contributed by atoms with van der Waals surface area (Å²) in [6.45, 7) is 4.14. The molecule has 1 aromatic carbocycles. The van der Waals surface area contributed by atoms with Crippen LogP contribution in [0.2, 0.25) is 0 Å². The average molecular weight is 253 g/mol. The van der Waals surface area contributed by atoms with Crippen LogP contribution in [0.3, 0.4) is 0 Å². The summed E-state index contributed by atoms with van der Waals surface area (Å²) >= 11 is 5.85. The highest BCUT2D eigenvalue weighted by Crippen LogP contribution is 2.22. The molecule has 2 nitrogen and oxygen atoms in total. The molecular formula is C13H14ClFN2. The number of imidazole rings is 1. The second-order valence-corrected chi connectivity index (χ2v) is 4.48. The fourth-order valence-corrected chi connectivity index (χ4v) is 2.06. The third kappa shape index (κ3) is 2.34. The lowest BCUT2D eigenvalue weighted by molar-refractivity contribution is 0.625. The summed E-state index contributed by atoms with van der Waals surface area (Å²) in [7, 11) is 0. The molecule has 90 valence electrons. The van der Waals surface area contributed by atoms with Gasteiger partial charge in [-0.15, -0.1) is 11.6 Å². The normalized spacial score (nSPS) is 11.1. The lowest BCUT2D eigenvalue weighted by Crippen LogP contribution is -2.05. The van der Waals surface area contributed by atoms with E-state index in [0.717, 1.165) is 17.1 Å². The van der Waals surface area contributed by atoms with Gasteiger partial charge in [0.05, 0.1) is 5.69 Å². The number of hydrogen-bond acceptors (Lipinski definition) is 1. The first-order chi connectivity index (χ1) is 8.13. The third-order valence-corrected chi connectivity index (χ3v) is 2.92. The maximum atomic E-state index is 13.2. The zero-order valence-electron chi connectivity index (χ0n) is 9.82. The van der Waals surface area contributed by atoms with Crippen molar-refractivity contribution in [2.45, 2.75) is 25.6 Å². The minimum atomic E-state index is -0.268. The fraction of sp³-hybridized carbons (Fsp3) is 0.308. The quantitative estimate of drug-likeness (QED) is 0.758. The molecule has 0 saturated carbocycles. The Balaban J connectivity index is 2.56. The van der Waals surface area contributed by atoms with Crippen LogP contribution in [0.5, 0.6) is 0 Å². The highest BCUT2D eigenvalue weighted by Gasteiger charge is 2.12. The maximum absolute atomic E-state index is 13.2. The molecule has 4 heteroatoms. The number of hydrogen-bond donors (Lipinski definition) is 0. The van der Waals surface area contributed by atoms with Crippen molar-refractivity contribution in [1.82, 2.24) is 9.55 Å². The smallest absolute Gasteiger partial charge is 0.123 e. The summed E-state index contributed by atoms with van der Waals surface area (Å²) in [5.41, 5.74) is 1.66. The van der Waals surface area contributed by atoms with Crippen LogP contribution in [0.4, 0.5) is 4.39 Å². The first-order valence-electron chi connectivity index (χ1n) is 5.51. The molecule has 1 heterocycles. The van der Waals surface area contributed by atoms with Crippen LogP contribution >= 0.6 is 11.6 Å². The topological polar surface area (TPSA) is 17.8 Å². The van der Waals surface area contributed by atoms with Crippen molar-refractivity contribution in [3.8, 4) is 5.69 Å². The van der Waals surface area contributed by atoms with Crippen LogP contribution in [0, 0.1) is 5.82 Å². The van der Waals surface area contributed by atoms with E-state index in [2.05, 4.69) is 18.8 Å². The van der Waals surface area contributed by atoms with Crippen molar-refractivity contribution in [3.05, 3.63) is 47.8 Å². The molecule has 0 saturated heterocycles. The summed E-state index contributed by atoms with van der Waals surface area (Å²) < 4.78 is 15.1. The van der Waals surface area contributed by atoms with Crippen LogP contribution in [0.25, 0.3) is 5.69 Å². The van der Waals surface area contributed by atoms with Gasteiger partial charge in [-0.05, 0) is 23.8 Å². The van der Waals surface area contributed by atoms with Gasteiger partial charge in [-0.3, -0.25) is 0 Å². The molecule has 0 bridgehead atoms. The molecule has 0 atom stereocenters. The monoisotopic (exact) mass is 252 g/mol. The zero-order chi connectivity index (χ0) is 12.4. The molecule has 0 aliphatic rings. The van der Waals surface area contributed by atoms with E-state index in [1.165, 1.54) is 12.1 Å². The number of alkyl halides is 1. The number of benzene rings is 1. The van der Waals surface area contributed by atoms with Gasteiger partial charge in [-0.2, -0.15) is 0 Å². The fourth-order valence-electron chi connectivity index (χ4n) is 1.84. The molecule has 0 aliphatic carbocycles. The number of aromatic nitrogens is 2. The van der Waals surface area contributed by atoms with E-state index in [9.17, 15) is 4.39 Å². The van der Waals surface area contributed by atoms with Gasteiger partial charge < -0.3 is 4.57 Å². The second kappa shape index (κ2) is 4.88. The first-order valence-corrected chi connectivity index (χ1v) is 6.05. The average Bonchev–Trinajstić information content (AvgIpc) is 2.77. The third-order valence-electron chi connectivity index (χ3n) is 2.63. The van der Waals surface area contributed by atoms with Crippen LogP contribution in [-0.2, 0) is 5.88 Å². The number of nitrogens with zero attached hydrogens (tertiary/aromatic N) is 2. The van der Waals surface area contributed by atoms with Crippen molar-refractivity contribution in [1.29, 1.82) is 0 Å². The Kier molecular flexibility index (Phi) is 3.48. The Labute approximate surface area is 105 Å². The van der Waals surface area contributed by atoms with E-state index < -0.39 is 0 Å². The Morgan fingerprint density at radius 3 is 2.82 bits per heavy atom. The predicted molar refractivity (Wildman–Crippen MR) is 67.2 cm³/mol. The van der Waals surface area contributed by atoms with Crippen molar-refractivity contribution in [3.63, 3.8) is 0 Å². The van der Waals surface area contributed by atoms with Gasteiger partial charge in [0.1, 0.15) is 11.6 Å². The molecule has 2 aromatic rings. The van der Waals surface area contributed by atoms with Crippen molar-refractivity contribution < 1.29 is 4.39 Å². The summed E-state index contributed by atoms with van der Waals surface area (Å²) in [6.07, 6.45) is 3.62. The molecule has 0 fully saturated rings. The SMILES string of the molecule is CC(C)c1nccn1-c1ccc(F)cc1CCl. The Morgan fingerprint density at radius 2 is 2.18 bits per heavy atom. The molecular weight excluding hydrogens is 239 g/mol.